The first kappa shape index (κ1) is 14.7. The van der Waals surface area contributed by atoms with Crippen molar-refractivity contribution in [2.24, 2.45) is 0 Å². The van der Waals surface area contributed by atoms with E-state index in [9.17, 15) is 0 Å². The second-order valence-corrected chi connectivity index (χ2v) is 6.99. The van der Waals surface area contributed by atoms with E-state index in [1.807, 2.05) is 0 Å². The van der Waals surface area contributed by atoms with Gasteiger partial charge in [0.25, 0.3) is 0 Å². The Kier molecular flexibility index (Phi) is 4.76. The van der Waals surface area contributed by atoms with Crippen LogP contribution >= 0.6 is 27.3 Å². The summed E-state index contributed by atoms with van der Waals surface area (Å²) in [5.74, 6) is 0. The Hall–Kier alpha value is -0.710. The molecule has 0 aliphatic carbocycles. The lowest BCUT2D eigenvalue weighted by molar-refractivity contribution is 0.498. The smallest absolute Gasteiger partial charge is 0.0900 e. The molecule has 2 unspecified atom stereocenters. The van der Waals surface area contributed by atoms with Crippen LogP contribution in [0.3, 0.4) is 0 Å². The molecule has 4 heteroatoms. The van der Waals surface area contributed by atoms with Gasteiger partial charge in [-0.3, -0.25) is 0 Å². The van der Waals surface area contributed by atoms with Crippen LogP contribution in [0.2, 0.25) is 0 Å². The van der Waals surface area contributed by atoms with Crippen molar-refractivity contribution in [1.29, 1.82) is 0 Å². The first-order valence-corrected chi connectivity index (χ1v) is 8.03. The van der Waals surface area contributed by atoms with Crippen LogP contribution in [0.5, 0.6) is 0 Å². The average Bonchev–Trinajstić information content (AvgIpc) is 2.69. The number of nitrogens with one attached hydrogen (secondary N) is 1. The normalized spacial score (nSPS) is 14.4. The van der Waals surface area contributed by atoms with E-state index in [2.05, 4.69) is 78.2 Å². The minimum atomic E-state index is 0.324. The average molecular weight is 339 g/mol. The Morgan fingerprint density at radius 2 is 1.74 bits per heavy atom. The second kappa shape index (κ2) is 6.16. The predicted octanol–water partition coefficient (Wildman–Crippen LogP) is 4.93. The highest BCUT2D eigenvalue weighted by Crippen LogP contribution is 2.27. The summed E-state index contributed by atoms with van der Waals surface area (Å²) in [5, 5.41) is 4.78. The molecule has 1 N–H and O–H groups in total. The Labute approximate surface area is 127 Å². The van der Waals surface area contributed by atoms with Gasteiger partial charge in [-0.2, -0.15) is 0 Å². The Bertz CT molecular complexity index is 548. The van der Waals surface area contributed by atoms with Gasteiger partial charge in [-0.25, -0.2) is 4.98 Å². The summed E-state index contributed by atoms with van der Waals surface area (Å²) in [6.07, 6.45) is 0. The quantitative estimate of drug-likeness (QED) is 0.854. The van der Waals surface area contributed by atoms with Gasteiger partial charge in [0.2, 0.25) is 0 Å². The molecule has 0 aliphatic rings. The molecule has 1 aromatic heterocycles. The molecule has 1 heterocycles. The van der Waals surface area contributed by atoms with E-state index in [0.29, 0.717) is 12.1 Å². The maximum atomic E-state index is 4.50. The van der Waals surface area contributed by atoms with Crippen LogP contribution in [0.1, 0.15) is 47.1 Å². The molecule has 2 aromatic rings. The molecule has 1 aromatic carbocycles. The largest absolute Gasteiger partial charge is 0.303 e. The van der Waals surface area contributed by atoms with Crippen LogP contribution < -0.4 is 5.32 Å². The van der Waals surface area contributed by atoms with E-state index in [4.69, 9.17) is 0 Å². The molecule has 0 amide bonds. The molecular weight excluding hydrogens is 320 g/mol. The van der Waals surface area contributed by atoms with Crippen molar-refractivity contribution in [3.8, 4) is 0 Å². The van der Waals surface area contributed by atoms with Gasteiger partial charge in [0, 0.05) is 21.4 Å². The zero-order chi connectivity index (χ0) is 14.0. The number of hydrogen-bond acceptors (Lipinski definition) is 3. The van der Waals surface area contributed by atoms with Crippen LogP contribution in [0.15, 0.2) is 28.7 Å². The van der Waals surface area contributed by atoms with Crippen molar-refractivity contribution in [1.82, 2.24) is 10.3 Å². The van der Waals surface area contributed by atoms with Crippen molar-refractivity contribution in [2.45, 2.75) is 39.8 Å². The van der Waals surface area contributed by atoms with Gasteiger partial charge in [-0.15, -0.1) is 11.3 Å². The van der Waals surface area contributed by atoms with E-state index in [0.717, 1.165) is 15.2 Å². The molecule has 0 radical (unpaired) electrons. The summed E-state index contributed by atoms with van der Waals surface area (Å²) >= 11 is 5.25. The number of aryl methyl sites for hydroxylation is 2. The monoisotopic (exact) mass is 338 g/mol. The second-order valence-electron chi connectivity index (χ2n) is 4.84. The third-order valence-corrected chi connectivity index (χ3v) is 4.99. The lowest BCUT2D eigenvalue weighted by Crippen LogP contribution is -2.22. The molecule has 0 aliphatic heterocycles. The van der Waals surface area contributed by atoms with Crippen LogP contribution in [-0.4, -0.2) is 4.98 Å². The number of thiazole rings is 1. The maximum Gasteiger partial charge on any atom is 0.0900 e. The SMILES string of the molecule is Cc1nc(C)c(C(C)NC(C)c2ccc(Br)cc2)s1. The van der Waals surface area contributed by atoms with Crippen LogP contribution in [0, 0.1) is 13.8 Å². The number of rotatable bonds is 4. The molecule has 0 fully saturated rings. The van der Waals surface area contributed by atoms with Crippen molar-refractivity contribution in [2.75, 3.05) is 0 Å². The molecule has 102 valence electrons. The minimum absolute atomic E-state index is 0.324. The van der Waals surface area contributed by atoms with Gasteiger partial charge in [0.1, 0.15) is 0 Å². The molecule has 2 nitrogen and oxygen atoms in total. The molecule has 2 atom stereocenters. The lowest BCUT2D eigenvalue weighted by atomic mass is 10.1. The lowest BCUT2D eigenvalue weighted by Gasteiger charge is -2.20. The first-order chi connectivity index (χ1) is 8.97. The Balaban J connectivity index is 2.08. The third-order valence-electron chi connectivity index (χ3n) is 3.20. The molecule has 0 bridgehead atoms. The number of hydrogen-bond donors (Lipinski definition) is 1. The van der Waals surface area contributed by atoms with Gasteiger partial charge < -0.3 is 5.32 Å². The summed E-state index contributed by atoms with van der Waals surface area (Å²) in [4.78, 5) is 5.83. The number of aromatic nitrogens is 1. The number of benzene rings is 1. The van der Waals surface area contributed by atoms with Gasteiger partial charge in [-0.1, -0.05) is 28.1 Å². The third kappa shape index (κ3) is 3.65. The van der Waals surface area contributed by atoms with Gasteiger partial charge in [-0.05, 0) is 45.4 Å². The van der Waals surface area contributed by atoms with Gasteiger partial charge in [0.05, 0.1) is 10.7 Å². The first-order valence-electron chi connectivity index (χ1n) is 6.43. The summed E-state index contributed by atoms with van der Waals surface area (Å²) < 4.78 is 1.12. The highest BCUT2D eigenvalue weighted by molar-refractivity contribution is 9.10. The highest BCUT2D eigenvalue weighted by Gasteiger charge is 2.15. The van der Waals surface area contributed by atoms with Gasteiger partial charge in [0.15, 0.2) is 0 Å². The van der Waals surface area contributed by atoms with E-state index in [-0.39, 0.29) is 0 Å². The molecule has 0 saturated carbocycles. The fraction of sp³-hybridized carbons (Fsp3) is 0.400. The predicted molar refractivity (Wildman–Crippen MR) is 85.7 cm³/mol. The number of halogens is 1. The summed E-state index contributed by atoms with van der Waals surface area (Å²) in [6, 6.07) is 9.12. The molecular formula is C15H19BrN2S. The van der Waals surface area contributed by atoms with Crippen LogP contribution in [0.4, 0.5) is 0 Å². The topological polar surface area (TPSA) is 24.9 Å². The molecule has 19 heavy (non-hydrogen) atoms. The standard InChI is InChI=1S/C15H19BrN2S/c1-9(13-5-7-14(16)8-6-13)17-10(2)15-11(3)18-12(4)19-15/h5-10,17H,1-4H3. The summed E-state index contributed by atoms with van der Waals surface area (Å²) in [6.45, 7) is 8.55. The minimum Gasteiger partial charge on any atom is -0.303 e. The molecule has 2 rings (SSSR count). The summed E-state index contributed by atoms with van der Waals surface area (Å²) in [7, 11) is 0. The van der Waals surface area contributed by atoms with Crippen molar-refractivity contribution >= 4 is 27.3 Å². The zero-order valence-electron chi connectivity index (χ0n) is 11.7. The van der Waals surface area contributed by atoms with Crippen molar-refractivity contribution < 1.29 is 0 Å². The van der Waals surface area contributed by atoms with Crippen molar-refractivity contribution in [3.05, 3.63) is 49.9 Å². The fourth-order valence-electron chi connectivity index (χ4n) is 2.25. The van der Waals surface area contributed by atoms with E-state index >= 15 is 0 Å². The maximum absolute atomic E-state index is 4.50. The Morgan fingerprint density at radius 1 is 1.11 bits per heavy atom. The summed E-state index contributed by atoms with van der Waals surface area (Å²) in [5.41, 5.74) is 2.44. The van der Waals surface area contributed by atoms with E-state index < -0.39 is 0 Å². The Morgan fingerprint density at radius 3 is 2.26 bits per heavy atom. The van der Waals surface area contributed by atoms with Crippen LogP contribution in [0.25, 0.3) is 0 Å². The van der Waals surface area contributed by atoms with Gasteiger partial charge >= 0.3 is 0 Å². The zero-order valence-corrected chi connectivity index (χ0v) is 14.1. The molecule has 0 saturated heterocycles. The fourth-order valence-corrected chi connectivity index (χ4v) is 3.45. The van der Waals surface area contributed by atoms with E-state index in [1.165, 1.54) is 10.4 Å². The van der Waals surface area contributed by atoms with E-state index in [1.54, 1.807) is 11.3 Å². The van der Waals surface area contributed by atoms with Crippen molar-refractivity contribution in [3.63, 3.8) is 0 Å². The highest BCUT2D eigenvalue weighted by atomic mass is 79.9. The molecule has 0 spiro atoms. The van der Waals surface area contributed by atoms with Crippen LogP contribution in [-0.2, 0) is 0 Å². The number of nitrogens with zero attached hydrogens (tertiary/aromatic N) is 1.